The fraction of sp³-hybridized carbons (Fsp3) is 0.429. The van der Waals surface area contributed by atoms with Gasteiger partial charge < -0.3 is 20.5 Å². The SMILES string of the molecule is CCCOCCCNC(=O)Nc1ccc(C(=O)O)cc1Cl. The van der Waals surface area contributed by atoms with Gasteiger partial charge in [-0.2, -0.15) is 0 Å². The molecule has 0 atom stereocenters. The summed E-state index contributed by atoms with van der Waals surface area (Å²) in [5.41, 5.74) is 0.431. The number of carboxylic acid groups (broad SMARTS) is 1. The minimum Gasteiger partial charge on any atom is -0.478 e. The molecular formula is C14H19ClN2O4. The van der Waals surface area contributed by atoms with Crippen LogP contribution in [0.1, 0.15) is 30.1 Å². The summed E-state index contributed by atoms with van der Waals surface area (Å²) < 4.78 is 5.29. The Hall–Kier alpha value is -1.79. The molecule has 0 saturated heterocycles. The van der Waals surface area contributed by atoms with Gasteiger partial charge in [0.05, 0.1) is 16.3 Å². The zero-order valence-electron chi connectivity index (χ0n) is 11.8. The third kappa shape index (κ3) is 6.46. The number of amides is 2. The molecule has 2 amide bonds. The Balaban J connectivity index is 2.36. The van der Waals surface area contributed by atoms with Crippen LogP contribution in [0.5, 0.6) is 0 Å². The molecule has 0 spiro atoms. The maximum Gasteiger partial charge on any atom is 0.335 e. The van der Waals surface area contributed by atoms with Crippen LogP contribution in [0.4, 0.5) is 10.5 Å². The average Bonchev–Trinajstić information content (AvgIpc) is 2.44. The standard InChI is InChI=1S/C14H19ClN2O4/c1-2-7-21-8-3-6-16-14(20)17-12-5-4-10(13(18)19)9-11(12)15/h4-5,9H,2-3,6-8H2,1H3,(H,18,19)(H2,16,17,20). The molecule has 0 saturated carbocycles. The summed E-state index contributed by atoms with van der Waals surface area (Å²) in [5.74, 6) is -1.07. The van der Waals surface area contributed by atoms with Crippen molar-refractivity contribution in [2.75, 3.05) is 25.1 Å². The monoisotopic (exact) mass is 314 g/mol. The lowest BCUT2D eigenvalue weighted by Gasteiger charge is -2.09. The van der Waals surface area contributed by atoms with Crippen molar-refractivity contribution in [1.29, 1.82) is 0 Å². The molecule has 1 aromatic rings. The summed E-state index contributed by atoms with van der Waals surface area (Å²) in [4.78, 5) is 22.4. The quantitative estimate of drug-likeness (QED) is 0.644. The van der Waals surface area contributed by atoms with E-state index in [2.05, 4.69) is 10.6 Å². The van der Waals surface area contributed by atoms with Gasteiger partial charge in [-0.15, -0.1) is 0 Å². The van der Waals surface area contributed by atoms with Gasteiger partial charge in [0.25, 0.3) is 0 Å². The molecule has 0 aromatic heterocycles. The van der Waals surface area contributed by atoms with Crippen molar-refractivity contribution in [1.82, 2.24) is 5.32 Å². The number of rotatable bonds is 8. The zero-order valence-corrected chi connectivity index (χ0v) is 12.6. The maximum absolute atomic E-state index is 11.6. The van der Waals surface area contributed by atoms with Crippen molar-refractivity contribution in [2.45, 2.75) is 19.8 Å². The molecule has 0 bridgehead atoms. The fourth-order valence-electron chi connectivity index (χ4n) is 1.54. The molecule has 6 nitrogen and oxygen atoms in total. The summed E-state index contributed by atoms with van der Waals surface area (Å²) in [6, 6.07) is 3.73. The topological polar surface area (TPSA) is 87.7 Å². The Labute approximate surface area is 128 Å². The van der Waals surface area contributed by atoms with E-state index in [4.69, 9.17) is 21.4 Å². The number of aromatic carboxylic acids is 1. The zero-order chi connectivity index (χ0) is 15.7. The summed E-state index contributed by atoms with van der Waals surface area (Å²) in [6.45, 7) is 3.84. The van der Waals surface area contributed by atoms with Gasteiger partial charge in [-0.25, -0.2) is 9.59 Å². The molecule has 0 unspecified atom stereocenters. The molecule has 0 aliphatic carbocycles. The van der Waals surface area contributed by atoms with Crippen molar-refractivity contribution in [2.24, 2.45) is 0 Å². The summed E-state index contributed by atoms with van der Waals surface area (Å²) in [5, 5.41) is 14.2. The summed E-state index contributed by atoms with van der Waals surface area (Å²) in [7, 11) is 0. The molecule has 0 aliphatic rings. The van der Waals surface area contributed by atoms with Crippen molar-refractivity contribution in [3.63, 3.8) is 0 Å². The minimum absolute atomic E-state index is 0.0685. The second-order valence-corrected chi connectivity index (χ2v) is 4.75. The molecule has 7 heteroatoms. The molecule has 0 aliphatic heterocycles. The lowest BCUT2D eigenvalue weighted by molar-refractivity contribution is 0.0697. The van der Waals surface area contributed by atoms with Crippen LogP contribution in [0.3, 0.4) is 0 Å². The molecule has 0 radical (unpaired) electrons. The van der Waals surface area contributed by atoms with Crippen molar-refractivity contribution < 1.29 is 19.4 Å². The van der Waals surface area contributed by atoms with Crippen LogP contribution in [0, 0.1) is 0 Å². The molecule has 0 fully saturated rings. The van der Waals surface area contributed by atoms with Gasteiger partial charge in [0.2, 0.25) is 0 Å². The normalized spacial score (nSPS) is 10.2. The second kappa shape index (κ2) is 9.20. The lowest BCUT2D eigenvalue weighted by atomic mass is 10.2. The number of hydrogen-bond acceptors (Lipinski definition) is 3. The first-order valence-corrected chi connectivity index (χ1v) is 7.07. The largest absolute Gasteiger partial charge is 0.478 e. The van der Waals surface area contributed by atoms with Gasteiger partial charge in [0.15, 0.2) is 0 Å². The predicted octanol–water partition coefficient (Wildman–Crippen LogP) is 2.98. The van der Waals surface area contributed by atoms with Gasteiger partial charge in [0, 0.05) is 19.8 Å². The van der Waals surface area contributed by atoms with E-state index in [1.54, 1.807) is 0 Å². The summed E-state index contributed by atoms with van der Waals surface area (Å²) in [6.07, 6.45) is 1.69. The number of urea groups is 1. The van der Waals surface area contributed by atoms with Crippen molar-refractivity contribution >= 4 is 29.3 Å². The van der Waals surface area contributed by atoms with Crippen molar-refractivity contribution in [3.8, 4) is 0 Å². The van der Waals surface area contributed by atoms with Crippen LogP contribution < -0.4 is 10.6 Å². The van der Waals surface area contributed by atoms with E-state index >= 15 is 0 Å². The highest BCUT2D eigenvalue weighted by molar-refractivity contribution is 6.34. The number of carboxylic acids is 1. The van der Waals surface area contributed by atoms with Gasteiger partial charge in [-0.1, -0.05) is 18.5 Å². The van der Waals surface area contributed by atoms with Crippen LogP contribution >= 0.6 is 11.6 Å². The summed E-state index contributed by atoms with van der Waals surface area (Å²) >= 11 is 5.91. The number of nitrogens with one attached hydrogen (secondary N) is 2. The third-order valence-corrected chi connectivity index (χ3v) is 2.88. The molecule has 1 aromatic carbocycles. The van der Waals surface area contributed by atoms with E-state index in [0.717, 1.165) is 19.4 Å². The number of carbonyl (C=O) groups excluding carboxylic acids is 1. The average molecular weight is 315 g/mol. The highest BCUT2D eigenvalue weighted by Gasteiger charge is 2.09. The molecular weight excluding hydrogens is 296 g/mol. The van der Waals surface area contributed by atoms with Crippen molar-refractivity contribution in [3.05, 3.63) is 28.8 Å². The smallest absolute Gasteiger partial charge is 0.335 e. The number of hydrogen-bond donors (Lipinski definition) is 3. The van der Waals surface area contributed by atoms with E-state index in [9.17, 15) is 9.59 Å². The molecule has 0 heterocycles. The second-order valence-electron chi connectivity index (χ2n) is 4.35. The first kappa shape index (κ1) is 17.3. The fourth-order valence-corrected chi connectivity index (χ4v) is 1.77. The molecule has 3 N–H and O–H groups in total. The lowest BCUT2D eigenvalue weighted by Crippen LogP contribution is -2.30. The van der Waals surface area contributed by atoms with E-state index < -0.39 is 12.0 Å². The number of carbonyl (C=O) groups is 2. The van der Waals surface area contributed by atoms with Crippen LogP contribution in [-0.2, 0) is 4.74 Å². The van der Waals surface area contributed by atoms with Crippen LogP contribution in [0.2, 0.25) is 5.02 Å². The van der Waals surface area contributed by atoms with Gasteiger partial charge in [0.1, 0.15) is 0 Å². The number of ether oxygens (including phenoxy) is 1. The van der Waals surface area contributed by atoms with Crippen LogP contribution in [-0.4, -0.2) is 36.9 Å². The van der Waals surface area contributed by atoms with Crippen LogP contribution in [0.25, 0.3) is 0 Å². The van der Waals surface area contributed by atoms with E-state index in [0.29, 0.717) is 18.8 Å². The molecule has 1 rings (SSSR count). The highest BCUT2D eigenvalue weighted by Crippen LogP contribution is 2.22. The Kier molecular flexibility index (Phi) is 7.56. The van der Waals surface area contributed by atoms with Gasteiger partial charge in [-0.3, -0.25) is 0 Å². The Morgan fingerprint density at radius 2 is 2.10 bits per heavy atom. The van der Waals surface area contributed by atoms with E-state index in [-0.39, 0.29) is 10.6 Å². The molecule has 21 heavy (non-hydrogen) atoms. The first-order valence-electron chi connectivity index (χ1n) is 6.70. The maximum atomic E-state index is 11.6. The number of anilines is 1. The Morgan fingerprint density at radius 1 is 1.33 bits per heavy atom. The van der Waals surface area contributed by atoms with E-state index in [1.807, 2.05) is 6.92 Å². The predicted molar refractivity (Wildman–Crippen MR) is 81.2 cm³/mol. The Bertz CT molecular complexity index is 494. The van der Waals surface area contributed by atoms with Gasteiger partial charge in [-0.05, 0) is 31.0 Å². The number of benzene rings is 1. The highest BCUT2D eigenvalue weighted by atomic mass is 35.5. The van der Waals surface area contributed by atoms with Gasteiger partial charge >= 0.3 is 12.0 Å². The first-order chi connectivity index (χ1) is 10.0. The number of halogens is 1. The van der Waals surface area contributed by atoms with E-state index in [1.165, 1.54) is 18.2 Å². The van der Waals surface area contributed by atoms with Crippen LogP contribution in [0.15, 0.2) is 18.2 Å². The Morgan fingerprint density at radius 3 is 2.71 bits per heavy atom. The minimum atomic E-state index is -1.07. The third-order valence-electron chi connectivity index (χ3n) is 2.56. The molecule has 116 valence electrons.